The van der Waals surface area contributed by atoms with Crippen LogP contribution in [-0.2, 0) is 11.3 Å². The van der Waals surface area contributed by atoms with E-state index in [2.05, 4.69) is 5.32 Å². The van der Waals surface area contributed by atoms with E-state index in [9.17, 15) is 4.79 Å². The number of aryl methyl sites for hydroxylation is 1. The first-order chi connectivity index (χ1) is 13.0. The maximum Gasteiger partial charge on any atom is 0.244 e. The molecule has 0 bridgehead atoms. The predicted octanol–water partition coefficient (Wildman–Crippen LogP) is 5.51. The molecule has 0 aliphatic heterocycles. The Morgan fingerprint density at radius 1 is 1.26 bits per heavy atom. The molecule has 3 aromatic rings. The van der Waals surface area contributed by atoms with Crippen molar-refractivity contribution in [3.8, 4) is 5.75 Å². The van der Waals surface area contributed by atoms with Crippen LogP contribution in [0.3, 0.4) is 0 Å². The van der Waals surface area contributed by atoms with Crippen molar-refractivity contribution in [2.75, 3.05) is 6.61 Å². The largest absolute Gasteiger partial charge is 0.493 e. The second-order valence-corrected chi connectivity index (χ2v) is 6.80. The zero-order valence-corrected chi connectivity index (χ0v) is 16.4. The van der Waals surface area contributed by atoms with E-state index in [1.54, 1.807) is 24.5 Å². The summed E-state index contributed by atoms with van der Waals surface area (Å²) in [6.07, 6.45) is 3.32. The Morgan fingerprint density at radius 3 is 2.70 bits per heavy atom. The van der Waals surface area contributed by atoms with Crippen molar-refractivity contribution >= 4 is 34.1 Å². The van der Waals surface area contributed by atoms with Gasteiger partial charge in [-0.05, 0) is 55.7 Å². The van der Waals surface area contributed by atoms with Gasteiger partial charge in [0.25, 0.3) is 0 Å². The van der Waals surface area contributed by atoms with Gasteiger partial charge < -0.3 is 14.5 Å². The number of fused-ring (bicyclic) bond motifs is 1. The van der Waals surface area contributed by atoms with Crippen molar-refractivity contribution < 1.29 is 13.9 Å². The van der Waals surface area contributed by atoms with Crippen LogP contribution in [0.1, 0.15) is 30.5 Å². The summed E-state index contributed by atoms with van der Waals surface area (Å²) in [5.41, 5.74) is 4.53. The highest BCUT2D eigenvalue weighted by Gasteiger charge is 2.12. The van der Waals surface area contributed by atoms with Gasteiger partial charge in [0.2, 0.25) is 5.91 Å². The first kappa shape index (κ1) is 19.1. The number of ether oxygens (including phenoxy) is 1. The lowest BCUT2D eigenvalue weighted by Crippen LogP contribution is -2.20. The second-order valence-electron chi connectivity index (χ2n) is 6.37. The predicted molar refractivity (Wildman–Crippen MR) is 109 cm³/mol. The lowest BCUT2D eigenvalue weighted by Gasteiger charge is -2.11. The number of benzene rings is 2. The van der Waals surface area contributed by atoms with E-state index in [0.717, 1.165) is 33.2 Å². The average Bonchev–Trinajstić information content (AvgIpc) is 3.01. The number of halogens is 1. The average molecular weight is 384 g/mol. The summed E-state index contributed by atoms with van der Waals surface area (Å²) in [5, 5.41) is 4.59. The number of hydrogen-bond donors (Lipinski definition) is 1. The fourth-order valence-corrected chi connectivity index (χ4v) is 3.01. The van der Waals surface area contributed by atoms with E-state index in [1.165, 1.54) is 0 Å². The molecule has 27 heavy (non-hydrogen) atoms. The number of allylic oxidation sites excluding steroid dienone is 1. The van der Waals surface area contributed by atoms with Crippen LogP contribution in [0.5, 0.6) is 5.75 Å². The van der Waals surface area contributed by atoms with Crippen molar-refractivity contribution in [3.05, 3.63) is 70.5 Å². The maximum absolute atomic E-state index is 12.3. The Hall–Kier alpha value is -2.72. The molecule has 1 aromatic heterocycles. The zero-order chi connectivity index (χ0) is 19.4. The molecule has 0 aliphatic rings. The lowest BCUT2D eigenvalue weighted by molar-refractivity contribution is -0.116. The van der Waals surface area contributed by atoms with Gasteiger partial charge in [-0.25, -0.2) is 0 Å². The summed E-state index contributed by atoms with van der Waals surface area (Å²) in [6.45, 7) is 6.81. The first-order valence-electron chi connectivity index (χ1n) is 8.83. The second kappa shape index (κ2) is 8.31. The molecule has 1 N–H and O–H groups in total. The molecule has 0 aliphatic carbocycles. The Balaban J connectivity index is 1.81. The molecule has 0 unspecified atom stereocenters. The normalized spacial score (nSPS) is 11.6. The molecule has 0 atom stereocenters. The van der Waals surface area contributed by atoms with Gasteiger partial charge in [0.1, 0.15) is 11.3 Å². The Morgan fingerprint density at radius 2 is 2.00 bits per heavy atom. The Kier molecular flexibility index (Phi) is 5.87. The van der Waals surface area contributed by atoms with Gasteiger partial charge in [0.15, 0.2) is 0 Å². The van der Waals surface area contributed by atoms with Crippen molar-refractivity contribution in [2.45, 2.75) is 27.3 Å². The Bertz CT molecular complexity index is 987. The van der Waals surface area contributed by atoms with Crippen LogP contribution in [0.25, 0.3) is 16.5 Å². The fraction of sp³-hybridized carbons (Fsp3) is 0.227. The molecule has 5 heteroatoms. The highest BCUT2D eigenvalue weighted by Crippen LogP contribution is 2.33. The van der Waals surface area contributed by atoms with Crippen LogP contribution in [0.4, 0.5) is 0 Å². The number of carbonyl (C=O) groups excluding carboxylic acids is 1. The lowest BCUT2D eigenvalue weighted by atomic mass is 10.0. The number of furan rings is 1. The molecule has 140 valence electrons. The molecular weight excluding hydrogens is 362 g/mol. The van der Waals surface area contributed by atoms with Gasteiger partial charge in [-0.3, -0.25) is 4.79 Å². The number of hydrogen-bond acceptors (Lipinski definition) is 3. The standard InChI is InChI=1S/C22H22ClNO3/c1-4-26-20-11-21-19(15(3)13-27-21)10-18(20)14(2)9-22(25)24-12-16-5-7-17(23)8-6-16/h5-11,13H,4,12H2,1-3H3,(H,24,25)/b14-9+. The van der Waals surface area contributed by atoms with Gasteiger partial charge >= 0.3 is 0 Å². The highest BCUT2D eigenvalue weighted by atomic mass is 35.5. The van der Waals surface area contributed by atoms with Crippen LogP contribution in [-0.4, -0.2) is 12.5 Å². The zero-order valence-electron chi connectivity index (χ0n) is 15.6. The molecule has 0 fully saturated rings. The molecule has 0 saturated heterocycles. The van der Waals surface area contributed by atoms with Crippen LogP contribution in [0.2, 0.25) is 5.02 Å². The minimum atomic E-state index is -0.158. The minimum Gasteiger partial charge on any atom is -0.493 e. The van der Waals surface area contributed by atoms with E-state index in [-0.39, 0.29) is 5.91 Å². The molecule has 1 heterocycles. The summed E-state index contributed by atoms with van der Waals surface area (Å²) in [5.74, 6) is 0.549. The van der Waals surface area contributed by atoms with Gasteiger partial charge in [0, 0.05) is 34.7 Å². The molecular formula is C22H22ClNO3. The highest BCUT2D eigenvalue weighted by molar-refractivity contribution is 6.30. The number of nitrogens with one attached hydrogen (secondary N) is 1. The van der Waals surface area contributed by atoms with Crippen molar-refractivity contribution in [3.63, 3.8) is 0 Å². The monoisotopic (exact) mass is 383 g/mol. The van der Waals surface area contributed by atoms with E-state index >= 15 is 0 Å². The summed E-state index contributed by atoms with van der Waals surface area (Å²) in [6, 6.07) is 11.3. The number of rotatable bonds is 6. The van der Waals surface area contributed by atoms with Crippen LogP contribution in [0.15, 0.2) is 53.2 Å². The third-order valence-electron chi connectivity index (χ3n) is 4.32. The SMILES string of the molecule is CCOc1cc2occ(C)c2cc1/C(C)=C/C(=O)NCc1ccc(Cl)cc1. The molecule has 2 aromatic carbocycles. The molecule has 0 spiro atoms. The van der Waals surface area contributed by atoms with E-state index in [0.29, 0.717) is 23.9 Å². The third kappa shape index (κ3) is 4.52. The van der Waals surface area contributed by atoms with Gasteiger partial charge in [0.05, 0.1) is 12.9 Å². The summed E-state index contributed by atoms with van der Waals surface area (Å²) in [4.78, 5) is 12.3. The van der Waals surface area contributed by atoms with E-state index < -0.39 is 0 Å². The van der Waals surface area contributed by atoms with Gasteiger partial charge in [-0.15, -0.1) is 0 Å². The molecule has 0 saturated carbocycles. The van der Waals surface area contributed by atoms with Gasteiger partial charge in [-0.1, -0.05) is 23.7 Å². The van der Waals surface area contributed by atoms with Crippen LogP contribution < -0.4 is 10.1 Å². The number of amides is 1. The van der Waals surface area contributed by atoms with Crippen LogP contribution in [0, 0.1) is 6.92 Å². The third-order valence-corrected chi connectivity index (χ3v) is 4.57. The van der Waals surface area contributed by atoms with Crippen molar-refractivity contribution in [1.82, 2.24) is 5.32 Å². The fourth-order valence-electron chi connectivity index (χ4n) is 2.88. The molecule has 1 amide bonds. The Labute approximate surface area is 163 Å². The number of carbonyl (C=O) groups is 1. The summed E-state index contributed by atoms with van der Waals surface area (Å²) < 4.78 is 11.3. The van der Waals surface area contributed by atoms with E-state index in [1.807, 2.05) is 45.0 Å². The molecule has 0 radical (unpaired) electrons. The maximum atomic E-state index is 12.3. The van der Waals surface area contributed by atoms with Crippen LogP contribution >= 0.6 is 11.6 Å². The quantitative estimate of drug-likeness (QED) is 0.571. The summed E-state index contributed by atoms with van der Waals surface area (Å²) in [7, 11) is 0. The van der Waals surface area contributed by atoms with Gasteiger partial charge in [-0.2, -0.15) is 0 Å². The summed E-state index contributed by atoms with van der Waals surface area (Å²) >= 11 is 5.88. The van der Waals surface area contributed by atoms with Crippen molar-refractivity contribution in [1.29, 1.82) is 0 Å². The molecule has 3 rings (SSSR count). The first-order valence-corrected chi connectivity index (χ1v) is 9.21. The van der Waals surface area contributed by atoms with E-state index in [4.69, 9.17) is 20.8 Å². The minimum absolute atomic E-state index is 0.158. The topological polar surface area (TPSA) is 51.5 Å². The molecule has 4 nitrogen and oxygen atoms in total. The van der Waals surface area contributed by atoms with Crippen molar-refractivity contribution in [2.24, 2.45) is 0 Å². The smallest absolute Gasteiger partial charge is 0.244 e.